The summed E-state index contributed by atoms with van der Waals surface area (Å²) in [5.41, 5.74) is 2.55. The van der Waals surface area contributed by atoms with Gasteiger partial charge < -0.3 is 0 Å². The molecule has 1 fully saturated rings. The summed E-state index contributed by atoms with van der Waals surface area (Å²) >= 11 is 0. The van der Waals surface area contributed by atoms with Crippen molar-refractivity contribution >= 4 is 5.78 Å². The van der Waals surface area contributed by atoms with Gasteiger partial charge in [0, 0.05) is 12.8 Å². The van der Waals surface area contributed by atoms with E-state index in [0.717, 1.165) is 25.7 Å². The molecule has 1 saturated carbocycles. The zero-order valence-corrected chi connectivity index (χ0v) is 10.5. The van der Waals surface area contributed by atoms with Gasteiger partial charge in [0.1, 0.15) is 5.78 Å². The summed E-state index contributed by atoms with van der Waals surface area (Å²) in [7, 11) is 0. The van der Waals surface area contributed by atoms with Gasteiger partial charge in [-0.2, -0.15) is 0 Å². The minimum Gasteiger partial charge on any atom is -0.300 e. The van der Waals surface area contributed by atoms with Crippen LogP contribution < -0.4 is 0 Å². The van der Waals surface area contributed by atoms with Gasteiger partial charge in [-0.05, 0) is 24.0 Å². The Bertz CT molecular complexity index is 428. The molecule has 0 radical (unpaired) electrons. The van der Waals surface area contributed by atoms with Crippen LogP contribution in [0.15, 0.2) is 60.7 Å². The maximum absolute atomic E-state index is 10.2. The van der Waals surface area contributed by atoms with Crippen LogP contribution in [0.1, 0.15) is 25.7 Å². The molecule has 1 aliphatic rings. The molecule has 0 aromatic heterocycles. The number of ketones is 1. The van der Waals surface area contributed by atoms with Crippen molar-refractivity contribution in [3.63, 3.8) is 0 Å². The average molecular weight is 238 g/mol. The van der Waals surface area contributed by atoms with Gasteiger partial charge in [0.2, 0.25) is 0 Å². The van der Waals surface area contributed by atoms with E-state index >= 15 is 0 Å². The van der Waals surface area contributed by atoms with Crippen LogP contribution in [0.2, 0.25) is 0 Å². The maximum atomic E-state index is 10.2. The van der Waals surface area contributed by atoms with Crippen LogP contribution in [0, 0.1) is 0 Å². The molecule has 2 aromatic carbocycles. The first-order valence-corrected chi connectivity index (χ1v) is 6.48. The third kappa shape index (κ3) is 3.85. The first kappa shape index (κ1) is 12.6. The number of hydrogen-bond donors (Lipinski definition) is 0. The first-order valence-electron chi connectivity index (χ1n) is 6.48. The fourth-order valence-corrected chi connectivity index (χ4v) is 2.03. The smallest absolute Gasteiger partial charge is 0.132 e. The van der Waals surface area contributed by atoms with E-state index in [2.05, 4.69) is 48.5 Å². The molecule has 18 heavy (non-hydrogen) atoms. The van der Waals surface area contributed by atoms with Crippen molar-refractivity contribution in [2.24, 2.45) is 0 Å². The summed E-state index contributed by atoms with van der Waals surface area (Å²) in [6.07, 6.45) is 3.97. The van der Waals surface area contributed by atoms with Gasteiger partial charge in [0.25, 0.3) is 0 Å². The molecule has 2 aromatic rings. The summed E-state index contributed by atoms with van der Waals surface area (Å²) in [6.45, 7) is 0. The molecule has 0 heterocycles. The molecule has 0 saturated heterocycles. The molecule has 1 nitrogen and oxygen atoms in total. The Balaban J connectivity index is 0.000000169. The average Bonchev–Trinajstić information content (AvgIpc) is 2.93. The van der Waals surface area contributed by atoms with E-state index < -0.39 is 0 Å². The van der Waals surface area contributed by atoms with Gasteiger partial charge >= 0.3 is 0 Å². The molecular weight excluding hydrogens is 220 g/mol. The molecule has 0 bridgehead atoms. The minimum absolute atomic E-state index is 0.454. The van der Waals surface area contributed by atoms with Crippen LogP contribution >= 0.6 is 0 Å². The summed E-state index contributed by atoms with van der Waals surface area (Å²) in [5.74, 6) is 0.454. The number of rotatable bonds is 1. The predicted molar refractivity (Wildman–Crippen MR) is 75.4 cm³/mol. The number of benzene rings is 2. The predicted octanol–water partition coefficient (Wildman–Crippen LogP) is 4.48. The summed E-state index contributed by atoms with van der Waals surface area (Å²) in [4.78, 5) is 10.2. The molecule has 0 unspecified atom stereocenters. The Labute approximate surface area is 108 Å². The summed E-state index contributed by atoms with van der Waals surface area (Å²) in [5, 5.41) is 0. The first-order chi connectivity index (χ1) is 8.86. The normalized spacial score (nSPS) is 13.9. The number of carbonyl (C=O) groups excluding carboxylic acids is 1. The standard InChI is InChI=1S/C12H10.C5H8O/c1-3-7-11(8-4-1)12-9-5-2-6-10-12;6-5-3-1-2-4-5/h1-10H;1-4H2. The van der Waals surface area contributed by atoms with Crippen LogP contribution in [0.4, 0.5) is 0 Å². The van der Waals surface area contributed by atoms with Crippen molar-refractivity contribution in [1.29, 1.82) is 0 Å². The second-order valence-corrected chi connectivity index (χ2v) is 4.48. The van der Waals surface area contributed by atoms with E-state index in [9.17, 15) is 4.79 Å². The van der Waals surface area contributed by atoms with E-state index in [4.69, 9.17) is 0 Å². The van der Waals surface area contributed by atoms with Gasteiger partial charge in [-0.1, -0.05) is 60.7 Å². The van der Waals surface area contributed by atoms with Crippen LogP contribution in [0.5, 0.6) is 0 Å². The highest BCUT2D eigenvalue weighted by Crippen LogP contribution is 2.17. The number of carbonyl (C=O) groups is 1. The zero-order chi connectivity index (χ0) is 12.6. The fourth-order valence-electron chi connectivity index (χ4n) is 2.03. The molecule has 1 aliphatic carbocycles. The van der Waals surface area contributed by atoms with Crippen LogP contribution in [0.25, 0.3) is 11.1 Å². The second-order valence-electron chi connectivity index (χ2n) is 4.48. The van der Waals surface area contributed by atoms with E-state index in [1.807, 2.05) is 12.1 Å². The Kier molecular flexibility index (Phi) is 4.71. The van der Waals surface area contributed by atoms with Crippen LogP contribution in [0.3, 0.4) is 0 Å². The van der Waals surface area contributed by atoms with E-state index in [0.29, 0.717) is 5.78 Å². The largest absolute Gasteiger partial charge is 0.300 e. The topological polar surface area (TPSA) is 17.1 Å². The monoisotopic (exact) mass is 238 g/mol. The molecule has 0 atom stereocenters. The van der Waals surface area contributed by atoms with Crippen molar-refractivity contribution in [2.75, 3.05) is 0 Å². The molecule has 0 amide bonds. The van der Waals surface area contributed by atoms with Gasteiger partial charge in [-0.15, -0.1) is 0 Å². The molecule has 0 N–H and O–H groups in total. The van der Waals surface area contributed by atoms with E-state index in [1.54, 1.807) is 0 Å². The van der Waals surface area contributed by atoms with Crippen molar-refractivity contribution in [3.05, 3.63) is 60.7 Å². The Morgan fingerprint density at radius 1 is 0.611 bits per heavy atom. The van der Waals surface area contributed by atoms with E-state index in [-0.39, 0.29) is 0 Å². The molecule has 92 valence electrons. The fraction of sp³-hybridized carbons (Fsp3) is 0.235. The van der Waals surface area contributed by atoms with Gasteiger partial charge in [-0.25, -0.2) is 0 Å². The summed E-state index contributed by atoms with van der Waals surface area (Å²) in [6, 6.07) is 20.8. The highest BCUT2D eigenvalue weighted by Gasteiger charge is 2.07. The van der Waals surface area contributed by atoms with Crippen LogP contribution in [-0.2, 0) is 4.79 Å². The van der Waals surface area contributed by atoms with Crippen molar-refractivity contribution < 1.29 is 4.79 Å². The number of hydrogen-bond acceptors (Lipinski definition) is 1. The Hall–Kier alpha value is -1.89. The Morgan fingerprint density at radius 2 is 1.00 bits per heavy atom. The molecular formula is C17H18O. The lowest BCUT2D eigenvalue weighted by Crippen LogP contribution is -1.81. The van der Waals surface area contributed by atoms with Crippen molar-refractivity contribution in [3.8, 4) is 11.1 Å². The third-order valence-corrected chi connectivity index (χ3v) is 3.04. The molecule has 0 aliphatic heterocycles. The molecule has 1 heteroatoms. The minimum atomic E-state index is 0.454. The quantitative estimate of drug-likeness (QED) is 0.715. The number of Topliss-reactive ketones (excluding diaryl/α,β-unsaturated/α-hetero) is 1. The van der Waals surface area contributed by atoms with E-state index in [1.165, 1.54) is 11.1 Å². The van der Waals surface area contributed by atoms with Crippen molar-refractivity contribution in [1.82, 2.24) is 0 Å². The zero-order valence-electron chi connectivity index (χ0n) is 10.5. The lowest BCUT2D eigenvalue weighted by Gasteiger charge is -1.98. The van der Waals surface area contributed by atoms with Crippen LogP contribution in [-0.4, -0.2) is 5.78 Å². The molecule has 3 rings (SSSR count). The van der Waals surface area contributed by atoms with Gasteiger partial charge in [0.15, 0.2) is 0 Å². The molecule has 0 spiro atoms. The lowest BCUT2D eigenvalue weighted by atomic mass is 10.1. The van der Waals surface area contributed by atoms with Crippen molar-refractivity contribution in [2.45, 2.75) is 25.7 Å². The maximum Gasteiger partial charge on any atom is 0.132 e. The highest BCUT2D eigenvalue weighted by atomic mass is 16.1. The third-order valence-electron chi connectivity index (χ3n) is 3.04. The van der Waals surface area contributed by atoms with Gasteiger partial charge in [0.05, 0.1) is 0 Å². The SMILES string of the molecule is O=C1CCCC1.c1ccc(-c2ccccc2)cc1. The van der Waals surface area contributed by atoms with Gasteiger partial charge in [-0.3, -0.25) is 4.79 Å². The lowest BCUT2D eigenvalue weighted by molar-refractivity contribution is -0.117. The summed E-state index contributed by atoms with van der Waals surface area (Å²) < 4.78 is 0. The Morgan fingerprint density at radius 3 is 1.28 bits per heavy atom. The highest BCUT2D eigenvalue weighted by molar-refractivity contribution is 5.80. The second kappa shape index (κ2) is 6.75.